The summed E-state index contributed by atoms with van der Waals surface area (Å²) in [4.78, 5) is 16.9. The van der Waals surface area contributed by atoms with Crippen molar-refractivity contribution >= 4 is 33.6 Å². The van der Waals surface area contributed by atoms with E-state index >= 15 is 0 Å². The number of rotatable bonds is 4. The summed E-state index contributed by atoms with van der Waals surface area (Å²) in [5.41, 5.74) is 4.28. The van der Waals surface area contributed by atoms with Crippen LogP contribution in [-0.2, 0) is 11.2 Å². The Morgan fingerprint density at radius 1 is 1.27 bits per heavy atom. The average Bonchev–Trinajstić information content (AvgIpc) is 3.18. The molecule has 0 aliphatic carbocycles. The van der Waals surface area contributed by atoms with Gasteiger partial charge in [0.2, 0.25) is 5.91 Å². The molecule has 6 nitrogen and oxygen atoms in total. The molecular formula is C20H20N4O2. The lowest BCUT2D eigenvalue weighted by atomic mass is 10.1. The van der Waals surface area contributed by atoms with E-state index in [4.69, 9.17) is 4.42 Å². The fourth-order valence-corrected chi connectivity index (χ4v) is 3.09. The molecule has 1 aromatic carbocycles. The molecule has 132 valence electrons. The lowest BCUT2D eigenvalue weighted by Gasteiger charge is -2.07. The molecule has 6 heteroatoms. The number of pyridine rings is 1. The molecule has 0 saturated heterocycles. The Kier molecular flexibility index (Phi) is 3.95. The molecule has 0 saturated carbocycles. The van der Waals surface area contributed by atoms with Crippen LogP contribution in [0.3, 0.4) is 0 Å². The van der Waals surface area contributed by atoms with E-state index in [2.05, 4.69) is 29.2 Å². The number of carbonyl (C=O) groups is 1. The maximum atomic E-state index is 12.4. The van der Waals surface area contributed by atoms with Crippen molar-refractivity contribution in [2.24, 2.45) is 0 Å². The lowest BCUT2D eigenvalue weighted by Crippen LogP contribution is -2.14. The first-order valence-corrected chi connectivity index (χ1v) is 8.61. The van der Waals surface area contributed by atoms with E-state index in [0.717, 1.165) is 33.1 Å². The number of nitrogens with zero attached hydrogens (tertiary/aromatic N) is 3. The van der Waals surface area contributed by atoms with Gasteiger partial charge in [-0.05, 0) is 38.5 Å². The van der Waals surface area contributed by atoms with Crippen molar-refractivity contribution < 1.29 is 9.21 Å². The second-order valence-electron chi connectivity index (χ2n) is 6.81. The number of aryl methyl sites for hydroxylation is 1. The van der Waals surface area contributed by atoms with Crippen LogP contribution in [0, 0.1) is 6.92 Å². The second kappa shape index (κ2) is 6.29. The molecule has 4 aromatic rings. The van der Waals surface area contributed by atoms with Gasteiger partial charge >= 0.3 is 0 Å². The molecule has 0 fully saturated rings. The monoisotopic (exact) mass is 348 g/mol. The number of nitrogens with one attached hydrogen (secondary N) is 1. The highest BCUT2D eigenvalue weighted by atomic mass is 16.3. The third-order valence-electron chi connectivity index (χ3n) is 4.37. The molecule has 0 unspecified atom stereocenters. The van der Waals surface area contributed by atoms with Crippen LogP contribution in [0.15, 0.2) is 47.3 Å². The van der Waals surface area contributed by atoms with Crippen molar-refractivity contribution in [3.8, 4) is 0 Å². The number of furan rings is 1. The summed E-state index contributed by atoms with van der Waals surface area (Å²) in [6.45, 7) is 6.12. The van der Waals surface area contributed by atoms with Crippen LogP contribution < -0.4 is 5.32 Å². The Bertz CT molecular complexity index is 1110. The van der Waals surface area contributed by atoms with Gasteiger partial charge in [0, 0.05) is 22.4 Å². The molecule has 1 amide bonds. The van der Waals surface area contributed by atoms with Crippen molar-refractivity contribution in [2.45, 2.75) is 33.2 Å². The van der Waals surface area contributed by atoms with Crippen LogP contribution in [0.4, 0.5) is 5.69 Å². The number of benzene rings is 1. The number of hydrogen-bond donors (Lipinski definition) is 1. The molecule has 1 N–H and O–H groups in total. The zero-order chi connectivity index (χ0) is 18.3. The van der Waals surface area contributed by atoms with E-state index in [1.165, 1.54) is 0 Å². The highest BCUT2D eigenvalue weighted by Gasteiger charge is 2.12. The van der Waals surface area contributed by atoms with Gasteiger partial charge in [-0.1, -0.05) is 12.1 Å². The van der Waals surface area contributed by atoms with Crippen molar-refractivity contribution in [3.05, 3.63) is 54.0 Å². The summed E-state index contributed by atoms with van der Waals surface area (Å²) in [7, 11) is 0. The van der Waals surface area contributed by atoms with Gasteiger partial charge in [-0.25, -0.2) is 9.67 Å². The summed E-state index contributed by atoms with van der Waals surface area (Å²) in [6.07, 6.45) is 5.33. The van der Waals surface area contributed by atoms with E-state index in [1.807, 2.05) is 35.9 Å². The summed E-state index contributed by atoms with van der Waals surface area (Å²) < 4.78 is 7.42. The first-order valence-electron chi connectivity index (χ1n) is 8.61. The molecule has 0 radical (unpaired) electrons. The fraction of sp³-hybridized carbons (Fsp3) is 0.250. The molecule has 3 aromatic heterocycles. The number of anilines is 1. The van der Waals surface area contributed by atoms with Gasteiger partial charge in [0.1, 0.15) is 5.58 Å². The molecule has 0 bridgehead atoms. The average molecular weight is 348 g/mol. The van der Waals surface area contributed by atoms with Gasteiger partial charge in [-0.15, -0.1) is 0 Å². The summed E-state index contributed by atoms with van der Waals surface area (Å²) in [5, 5.41) is 9.13. The minimum absolute atomic E-state index is 0.106. The van der Waals surface area contributed by atoms with E-state index in [1.54, 1.807) is 18.7 Å². The standard InChI is InChI=1S/C20H20N4O2/c1-12(2)24-20-14(9-22-24)7-16(10-21-20)23-19(25)8-15-11-26-18-6-13(3)4-5-17(15)18/h4-7,9-12H,8H2,1-3H3,(H,23,25). The third kappa shape index (κ3) is 2.94. The molecule has 0 aliphatic heterocycles. The summed E-state index contributed by atoms with van der Waals surface area (Å²) >= 11 is 0. The van der Waals surface area contributed by atoms with Crippen molar-refractivity contribution in [2.75, 3.05) is 5.32 Å². The number of carbonyl (C=O) groups excluding carboxylic acids is 1. The zero-order valence-corrected chi connectivity index (χ0v) is 15.0. The lowest BCUT2D eigenvalue weighted by molar-refractivity contribution is -0.115. The molecular weight excluding hydrogens is 328 g/mol. The van der Waals surface area contributed by atoms with Gasteiger partial charge in [0.15, 0.2) is 5.65 Å². The maximum Gasteiger partial charge on any atom is 0.228 e. The Morgan fingerprint density at radius 2 is 2.12 bits per heavy atom. The maximum absolute atomic E-state index is 12.4. The Labute approximate surface area is 150 Å². The van der Waals surface area contributed by atoms with Gasteiger partial charge in [0.05, 0.1) is 30.8 Å². The van der Waals surface area contributed by atoms with Gasteiger partial charge in [-0.3, -0.25) is 4.79 Å². The van der Waals surface area contributed by atoms with Crippen molar-refractivity contribution in [3.63, 3.8) is 0 Å². The van der Waals surface area contributed by atoms with Crippen LogP contribution in [-0.4, -0.2) is 20.7 Å². The van der Waals surface area contributed by atoms with Crippen LogP contribution >= 0.6 is 0 Å². The molecule has 0 aliphatic rings. The molecule has 0 atom stereocenters. The molecule has 0 spiro atoms. The Hall–Kier alpha value is -3.15. The predicted molar refractivity (Wildman–Crippen MR) is 101 cm³/mol. The molecule has 4 rings (SSSR count). The van der Waals surface area contributed by atoms with Crippen LogP contribution in [0.1, 0.15) is 31.0 Å². The number of amides is 1. The predicted octanol–water partition coefficient (Wildman–Crippen LogP) is 4.25. The van der Waals surface area contributed by atoms with E-state index in [-0.39, 0.29) is 18.4 Å². The minimum atomic E-state index is -0.106. The summed E-state index contributed by atoms with van der Waals surface area (Å²) in [5.74, 6) is -0.106. The third-order valence-corrected chi connectivity index (χ3v) is 4.37. The largest absolute Gasteiger partial charge is 0.464 e. The van der Waals surface area contributed by atoms with Crippen LogP contribution in [0.25, 0.3) is 22.0 Å². The number of aromatic nitrogens is 3. The van der Waals surface area contributed by atoms with Crippen molar-refractivity contribution in [1.29, 1.82) is 0 Å². The topological polar surface area (TPSA) is 73.0 Å². The van der Waals surface area contributed by atoms with Crippen LogP contribution in [0.2, 0.25) is 0 Å². The fourth-order valence-electron chi connectivity index (χ4n) is 3.09. The highest BCUT2D eigenvalue weighted by molar-refractivity contribution is 5.96. The van der Waals surface area contributed by atoms with Gasteiger partial charge in [0.25, 0.3) is 0 Å². The first kappa shape index (κ1) is 16.3. The number of fused-ring (bicyclic) bond motifs is 2. The van der Waals surface area contributed by atoms with E-state index in [9.17, 15) is 4.79 Å². The smallest absolute Gasteiger partial charge is 0.228 e. The molecule has 26 heavy (non-hydrogen) atoms. The second-order valence-corrected chi connectivity index (χ2v) is 6.81. The Morgan fingerprint density at radius 3 is 2.92 bits per heavy atom. The highest BCUT2D eigenvalue weighted by Crippen LogP contribution is 2.23. The molecule has 3 heterocycles. The summed E-state index contributed by atoms with van der Waals surface area (Å²) in [6, 6.07) is 8.11. The minimum Gasteiger partial charge on any atom is -0.464 e. The van der Waals surface area contributed by atoms with Gasteiger partial charge < -0.3 is 9.73 Å². The zero-order valence-electron chi connectivity index (χ0n) is 15.0. The SMILES string of the molecule is Cc1ccc2c(CC(=O)Nc3cnc4c(cnn4C(C)C)c3)coc2c1. The van der Waals surface area contributed by atoms with Crippen molar-refractivity contribution in [1.82, 2.24) is 14.8 Å². The number of hydrogen-bond acceptors (Lipinski definition) is 4. The quantitative estimate of drug-likeness (QED) is 0.598. The van der Waals surface area contributed by atoms with Crippen LogP contribution in [0.5, 0.6) is 0 Å². The van der Waals surface area contributed by atoms with E-state index < -0.39 is 0 Å². The van der Waals surface area contributed by atoms with E-state index in [0.29, 0.717) is 5.69 Å². The van der Waals surface area contributed by atoms with Gasteiger partial charge in [-0.2, -0.15) is 5.10 Å². The normalized spacial score (nSPS) is 11.5. The first-order chi connectivity index (χ1) is 12.5. The Balaban J connectivity index is 1.53.